The summed E-state index contributed by atoms with van der Waals surface area (Å²) in [6.07, 6.45) is 3.39. The number of furan rings is 1. The van der Waals surface area contributed by atoms with Gasteiger partial charge in [0.25, 0.3) is 0 Å². The third kappa shape index (κ3) is 3.73. The highest BCUT2D eigenvalue weighted by molar-refractivity contribution is 5.48. The van der Waals surface area contributed by atoms with Crippen molar-refractivity contribution in [2.24, 2.45) is 0 Å². The molecular weight excluding hydrogens is 252 g/mol. The van der Waals surface area contributed by atoms with E-state index in [1.54, 1.807) is 12.5 Å². The molecule has 0 unspecified atom stereocenters. The van der Waals surface area contributed by atoms with E-state index in [2.05, 4.69) is 48.3 Å². The minimum Gasteiger partial charge on any atom is -0.472 e. The van der Waals surface area contributed by atoms with Crippen LogP contribution in [0.5, 0.6) is 0 Å². The van der Waals surface area contributed by atoms with Crippen LogP contribution in [-0.4, -0.2) is 16.5 Å². The normalized spacial score (nSPS) is 11.4. The van der Waals surface area contributed by atoms with Gasteiger partial charge in [0.15, 0.2) is 0 Å². The molecule has 0 amide bonds. The van der Waals surface area contributed by atoms with Crippen LogP contribution in [0.25, 0.3) is 0 Å². The van der Waals surface area contributed by atoms with E-state index in [0.717, 1.165) is 29.6 Å². The fraction of sp³-hybridized carbons (Fsp3) is 0.467. The zero-order chi connectivity index (χ0) is 14.6. The smallest absolute Gasteiger partial charge is 0.138 e. The summed E-state index contributed by atoms with van der Waals surface area (Å²) in [5.74, 6) is 2.50. The summed E-state index contributed by atoms with van der Waals surface area (Å²) in [6, 6.07) is 3.86. The van der Waals surface area contributed by atoms with E-state index in [4.69, 9.17) is 4.42 Å². The molecule has 2 heterocycles. The Bertz CT molecular complexity index is 543. The summed E-state index contributed by atoms with van der Waals surface area (Å²) in [6.45, 7) is 9.90. The molecule has 108 valence electrons. The summed E-state index contributed by atoms with van der Waals surface area (Å²) in [5.41, 5.74) is 1.00. The second-order valence-electron chi connectivity index (χ2n) is 5.73. The number of aromatic nitrogens is 2. The molecule has 0 saturated carbocycles. The lowest BCUT2D eigenvalue weighted by atomic mass is 9.96. The van der Waals surface area contributed by atoms with Crippen LogP contribution in [0, 0.1) is 0 Å². The number of nitrogens with one attached hydrogen (secondary N) is 2. The Labute approximate surface area is 119 Å². The van der Waals surface area contributed by atoms with Gasteiger partial charge in [0.1, 0.15) is 17.5 Å². The molecule has 2 rings (SSSR count). The number of rotatable bonds is 5. The van der Waals surface area contributed by atoms with Crippen molar-refractivity contribution in [3.05, 3.63) is 36.0 Å². The van der Waals surface area contributed by atoms with Gasteiger partial charge in [-0.25, -0.2) is 9.97 Å². The maximum Gasteiger partial charge on any atom is 0.138 e. The summed E-state index contributed by atoms with van der Waals surface area (Å²) >= 11 is 0. The molecule has 20 heavy (non-hydrogen) atoms. The molecule has 5 nitrogen and oxygen atoms in total. The molecule has 2 aromatic rings. The predicted octanol–water partition coefficient (Wildman–Crippen LogP) is 3.41. The molecule has 0 fully saturated rings. The number of nitrogens with zero attached hydrogens (tertiary/aromatic N) is 2. The van der Waals surface area contributed by atoms with Crippen molar-refractivity contribution < 1.29 is 4.42 Å². The quantitative estimate of drug-likeness (QED) is 0.874. The molecule has 0 saturated heterocycles. The van der Waals surface area contributed by atoms with E-state index in [0.29, 0.717) is 6.54 Å². The highest BCUT2D eigenvalue weighted by Crippen LogP contribution is 2.22. The maximum absolute atomic E-state index is 5.06. The van der Waals surface area contributed by atoms with Gasteiger partial charge in [-0.2, -0.15) is 0 Å². The van der Waals surface area contributed by atoms with Crippen molar-refractivity contribution in [3.63, 3.8) is 0 Å². The van der Waals surface area contributed by atoms with Crippen LogP contribution in [0.2, 0.25) is 0 Å². The van der Waals surface area contributed by atoms with E-state index in [9.17, 15) is 0 Å². The first kappa shape index (κ1) is 14.4. The Morgan fingerprint density at radius 2 is 1.85 bits per heavy atom. The molecule has 0 aliphatic carbocycles. The van der Waals surface area contributed by atoms with E-state index in [-0.39, 0.29) is 5.41 Å². The molecule has 0 aliphatic heterocycles. The summed E-state index contributed by atoms with van der Waals surface area (Å²) < 4.78 is 5.06. The highest BCUT2D eigenvalue weighted by Gasteiger charge is 2.19. The maximum atomic E-state index is 5.06. The van der Waals surface area contributed by atoms with Crippen molar-refractivity contribution in [1.29, 1.82) is 0 Å². The molecule has 0 bridgehead atoms. The fourth-order valence-corrected chi connectivity index (χ4v) is 1.73. The molecule has 0 atom stereocenters. The minimum atomic E-state index is -0.0858. The van der Waals surface area contributed by atoms with E-state index < -0.39 is 0 Å². The molecule has 2 N–H and O–H groups in total. The first-order valence-corrected chi connectivity index (χ1v) is 6.87. The second kappa shape index (κ2) is 5.94. The van der Waals surface area contributed by atoms with Crippen LogP contribution in [0.3, 0.4) is 0 Å². The Hall–Kier alpha value is -2.04. The Kier molecular flexibility index (Phi) is 4.27. The standard InChI is InChI=1S/C15H22N4O/c1-5-16-12-8-13(17-9-11-6-7-20-10-11)19-14(18-12)15(2,3)4/h6-8,10H,5,9H2,1-4H3,(H2,16,17,18,19). The van der Waals surface area contributed by atoms with Crippen molar-refractivity contribution in [2.45, 2.75) is 39.7 Å². The van der Waals surface area contributed by atoms with Gasteiger partial charge in [0, 0.05) is 30.1 Å². The van der Waals surface area contributed by atoms with Crippen molar-refractivity contribution >= 4 is 11.6 Å². The second-order valence-corrected chi connectivity index (χ2v) is 5.73. The van der Waals surface area contributed by atoms with Gasteiger partial charge in [-0.15, -0.1) is 0 Å². The van der Waals surface area contributed by atoms with E-state index >= 15 is 0 Å². The van der Waals surface area contributed by atoms with Crippen molar-refractivity contribution in [3.8, 4) is 0 Å². The topological polar surface area (TPSA) is 63.0 Å². The van der Waals surface area contributed by atoms with Gasteiger partial charge in [0.2, 0.25) is 0 Å². The zero-order valence-corrected chi connectivity index (χ0v) is 12.5. The molecule has 5 heteroatoms. The first-order chi connectivity index (χ1) is 9.49. The van der Waals surface area contributed by atoms with Gasteiger partial charge < -0.3 is 15.1 Å². The lowest BCUT2D eigenvalue weighted by Crippen LogP contribution is -2.18. The van der Waals surface area contributed by atoms with Crippen LogP contribution < -0.4 is 10.6 Å². The first-order valence-electron chi connectivity index (χ1n) is 6.87. The Morgan fingerprint density at radius 1 is 1.15 bits per heavy atom. The summed E-state index contributed by atoms with van der Waals surface area (Å²) in [5, 5.41) is 6.55. The molecule has 0 aliphatic rings. The average Bonchev–Trinajstić information content (AvgIpc) is 2.88. The third-order valence-corrected chi connectivity index (χ3v) is 2.81. The Balaban J connectivity index is 2.20. The third-order valence-electron chi connectivity index (χ3n) is 2.81. The molecule has 0 radical (unpaired) electrons. The minimum absolute atomic E-state index is 0.0858. The van der Waals surface area contributed by atoms with Gasteiger partial charge in [-0.05, 0) is 13.0 Å². The van der Waals surface area contributed by atoms with E-state index in [1.807, 2.05) is 12.1 Å². The SMILES string of the molecule is CCNc1cc(NCc2ccoc2)nc(C(C)(C)C)n1. The van der Waals surface area contributed by atoms with Gasteiger partial charge in [-0.1, -0.05) is 20.8 Å². The summed E-state index contributed by atoms with van der Waals surface area (Å²) in [7, 11) is 0. The Morgan fingerprint density at radius 3 is 2.40 bits per heavy atom. The highest BCUT2D eigenvalue weighted by atomic mass is 16.3. The van der Waals surface area contributed by atoms with Crippen LogP contribution in [0.1, 0.15) is 39.1 Å². The van der Waals surface area contributed by atoms with Crippen molar-refractivity contribution in [2.75, 3.05) is 17.2 Å². The molecule has 2 aromatic heterocycles. The van der Waals surface area contributed by atoms with Crippen LogP contribution in [0.4, 0.5) is 11.6 Å². The largest absolute Gasteiger partial charge is 0.472 e. The molecular formula is C15H22N4O. The van der Waals surface area contributed by atoms with Crippen LogP contribution in [0.15, 0.2) is 29.1 Å². The number of hydrogen-bond donors (Lipinski definition) is 2. The van der Waals surface area contributed by atoms with Crippen molar-refractivity contribution in [1.82, 2.24) is 9.97 Å². The van der Waals surface area contributed by atoms with Gasteiger partial charge in [0.05, 0.1) is 12.5 Å². The zero-order valence-electron chi connectivity index (χ0n) is 12.5. The number of hydrogen-bond acceptors (Lipinski definition) is 5. The lowest BCUT2D eigenvalue weighted by molar-refractivity contribution is 0.546. The predicted molar refractivity (Wildman–Crippen MR) is 80.9 cm³/mol. The monoisotopic (exact) mass is 274 g/mol. The van der Waals surface area contributed by atoms with Crippen LogP contribution in [-0.2, 0) is 12.0 Å². The average molecular weight is 274 g/mol. The van der Waals surface area contributed by atoms with Gasteiger partial charge >= 0.3 is 0 Å². The molecule has 0 aromatic carbocycles. The van der Waals surface area contributed by atoms with Crippen LogP contribution >= 0.6 is 0 Å². The molecule has 0 spiro atoms. The fourth-order valence-electron chi connectivity index (χ4n) is 1.73. The lowest BCUT2D eigenvalue weighted by Gasteiger charge is -2.19. The summed E-state index contributed by atoms with van der Waals surface area (Å²) in [4.78, 5) is 9.15. The van der Waals surface area contributed by atoms with E-state index in [1.165, 1.54) is 0 Å². The number of anilines is 2. The van der Waals surface area contributed by atoms with Gasteiger partial charge in [-0.3, -0.25) is 0 Å².